The van der Waals surface area contributed by atoms with Gasteiger partial charge in [-0.3, -0.25) is 0 Å². The van der Waals surface area contributed by atoms with Gasteiger partial charge in [0, 0.05) is 18.1 Å². The predicted octanol–water partition coefficient (Wildman–Crippen LogP) is 4.02. The van der Waals surface area contributed by atoms with Crippen LogP contribution in [0.3, 0.4) is 0 Å². The molecule has 0 saturated carbocycles. The van der Waals surface area contributed by atoms with Crippen LogP contribution in [-0.2, 0) is 0 Å². The monoisotopic (exact) mass is 290 g/mol. The Bertz CT molecular complexity index is 474. The molecule has 0 aromatic heterocycles. The second-order valence-corrected chi connectivity index (χ2v) is 6.72. The molecule has 1 aromatic rings. The van der Waals surface area contributed by atoms with E-state index in [2.05, 4.69) is 17.1 Å². The van der Waals surface area contributed by atoms with Crippen LogP contribution in [0.2, 0.25) is 0 Å². The maximum Gasteiger partial charge on any atom is 0.146 e. The van der Waals surface area contributed by atoms with Crippen molar-refractivity contribution in [3.63, 3.8) is 0 Å². The highest BCUT2D eigenvalue weighted by Crippen LogP contribution is 2.39. The number of rotatable bonds is 4. The molecule has 0 radical (unpaired) electrons. The lowest BCUT2D eigenvalue weighted by molar-refractivity contribution is 0.244. The number of anilines is 1. The number of benzene rings is 1. The third kappa shape index (κ3) is 3.08. The summed E-state index contributed by atoms with van der Waals surface area (Å²) in [5.74, 6) is -0.0579. The lowest BCUT2D eigenvalue weighted by atomic mass is 9.81. The van der Waals surface area contributed by atoms with Gasteiger partial charge in [0.15, 0.2) is 0 Å². The number of nitrogens with one attached hydrogen (secondary N) is 1. The molecular formula is C18H27FN2. The summed E-state index contributed by atoms with van der Waals surface area (Å²) in [5, 5.41) is 3.68. The van der Waals surface area contributed by atoms with Crippen LogP contribution in [0.25, 0.3) is 0 Å². The van der Waals surface area contributed by atoms with Crippen LogP contribution in [0.1, 0.15) is 51.0 Å². The molecule has 2 nitrogen and oxygen atoms in total. The van der Waals surface area contributed by atoms with Crippen molar-refractivity contribution < 1.29 is 4.39 Å². The summed E-state index contributed by atoms with van der Waals surface area (Å²) in [6.07, 6.45) is 7.19. The minimum Gasteiger partial charge on any atom is -0.363 e. The zero-order valence-corrected chi connectivity index (χ0v) is 13.2. The summed E-state index contributed by atoms with van der Waals surface area (Å²) < 4.78 is 14.3. The van der Waals surface area contributed by atoms with Gasteiger partial charge in [-0.25, -0.2) is 4.39 Å². The fourth-order valence-electron chi connectivity index (χ4n) is 4.11. The summed E-state index contributed by atoms with van der Waals surface area (Å²) >= 11 is 0. The van der Waals surface area contributed by atoms with Gasteiger partial charge in [-0.15, -0.1) is 0 Å². The third-order valence-corrected chi connectivity index (χ3v) is 5.04. The van der Waals surface area contributed by atoms with E-state index in [1.807, 2.05) is 19.1 Å². The van der Waals surface area contributed by atoms with Gasteiger partial charge in [-0.2, -0.15) is 0 Å². The Labute approximate surface area is 127 Å². The first kappa shape index (κ1) is 14.8. The Balaban J connectivity index is 1.82. The average molecular weight is 290 g/mol. The van der Waals surface area contributed by atoms with E-state index in [-0.39, 0.29) is 5.82 Å². The Kier molecular flexibility index (Phi) is 4.48. The van der Waals surface area contributed by atoms with E-state index in [4.69, 9.17) is 0 Å². The Hall–Kier alpha value is -1.09. The molecule has 0 spiro atoms. The molecule has 2 fully saturated rings. The molecule has 21 heavy (non-hydrogen) atoms. The molecule has 2 unspecified atom stereocenters. The summed E-state index contributed by atoms with van der Waals surface area (Å²) in [7, 11) is 0. The van der Waals surface area contributed by atoms with Crippen LogP contribution < -0.4 is 10.2 Å². The average Bonchev–Trinajstić information content (AvgIpc) is 2.46. The SMILES string of the molecule is CCCNC1CC2CCCC(C1)N2c1cc(C)ccc1F. The largest absolute Gasteiger partial charge is 0.363 e. The second-order valence-electron chi connectivity index (χ2n) is 6.72. The van der Waals surface area contributed by atoms with Gasteiger partial charge in [0.25, 0.3) is 0 Å². The maximum atomic E-state index is 14.3. The van der Waals surface area contributed by atoms with Gasteiger partial charge in [-0.05, 0) is 69.7 Å². The van der Waals surface area contributed by atoms with Gasteiger partial charge >= 0.3 is 0 Å². The first-order valence-electron chi connectivity index (χ1n) is 8.47. The molecule has 1 aromatic carbocycles. The minimum absolute atomic E-state index is 0.0579. The molecule has 0 aliphatic carbocycles. The number of piperidine rings is 2. The topological polar surface area (TPSA) is 15.3 Å². The van der Waals surface area contributed by atoms with Gasteiger partial charge in [0.1, 0.15) is 5.82 Å². The number of aryl methyl sites for hydroxylation is 1. The summed E-state index contributed by atoms with van der Waals surface area (Å²) in [6.45, 7) is 5.36. The van der Waals surface area contributed by atoms with Crippen molar-refractivity contribution >= 4 is 5.69 Å². The molecule has 2 aliphatic heterocycles. The first-order chi connectivity index (χ1) is 10.2. The van der Waals surface area contributed by atoms with E-state index in [0.717, 1.165) is 30.6 Å². The smallest absolute Gasteiger partial charge is 0.146 e. The van der Waals surface area contributed by atoms with E-state index in [9.17, 15) is 4.39 Å². The summed E-state index contributed by atoms with van der Waals surface area (Å²) in [6, 6.07) is 7.14. The van der Waals surface area contributed by atoms with Gasteiger partial charge in [0.2, 0.25) is 0 Å². The normalized spacial score (nSPS) is 28.7. The Morgan fingerprint density at radius 1 is 1.24 bits per heavy atom. The van der Waals surface area contributed by atoms with Gasteiger partial charge < -0.3 is 10.2 Å². The molecule has 2 bridgehead atoms. The van der Waals surface area contributed by atoms with Gasteiger partial charge in [-0.1, -0.05) is 13.0 Å². The van der Waals surface area contributed by atoms with E-state index < -0.39 is 0 Å². The minimum atomic E-state index is -0.0579. The standard InChI is InChI=1S/C18H27FN2/c1-3-9-20-14-11-15-5-4-6-16(12-14)21(15)18-10-13(2)7-8-17(18)19/h7-8,10,14-16,20H,3-6,9,11-12H2,1-2H3. The highest BCUT2D eigenvalue weighted by atomic mass is 19.1. The molecule has 2 heterocycles. The molecule has 116 valence electrons. The number of fused-ring (bicyclic) bond motifs is 2. The van der Waals surface area contributed by atoms with Crippen molar-refractivity contribution in [2.45, 2.75) is 70.5 Å². The Morgan fingerprint density at radius 3 is 2.62 bits per heavy atom. The highest BCUT2D eigenvalue weighted by Gasteiger charge is 2.38. The molecule has 2 aliphatic rings. The summed E-state index contributed by atoms with van der Waals surface area (Å²) in [4.78, 5) is 2.40. The zero-order valence-electron chi connectivity index (χ0n) is 13.2. The fraction of sp³-hybridized carbons (Fsp3) is 0.667. The van der Waals surface area contributed by atoms with Crippen molar-refractivity contribution in [1.29, 1.82) is 0 Å². The summed E-state index contributed by atoms with van der Waals surface area (Å²) in [5.41, 5.74) is 1.98. The fourth-order valence-corrected chi connectivity index (χ4v) is 4.11. The second kappa shape index (κ2) is 6.35. The molecule has 3 rings (SSSR count). The molecule has 2 atom stereocenters. The van der Waals surface area contributed by atoms with Crippen LogP contribution in [0.4, 0.5) is 10.1 Å². The van der Waals surface area contributed by atoms with Crippen molar-refractivity contribution in [1.82, 2.24) is 5.32 Å². The van der Waals surface area contributed by atoms with E-state index >= 15 is 0 Å². The molecule has 0 amide bonds. The number of hydrogen-bond donors (Lipinski definition) is 1. The first-order valence-corrected chi connectivity index (χ1v) is 8.47. The van der Waals surface area contributed by atoms with Crippen LogP contribution in [-0.4, -0.2) is 24.7 Å². The zero-order chi connectivity index (χ0) is 14.8. The van der Waals surface area contributed by atoms with E-state index in [1.54, 1.807) is 6.07 Å². The third-order valence-electron chi connectivity index (χ3n) is 5.04. The van der Waals surface area contributed by atoms with Crippen molar-refractivity contribution in [2.75, 3.05) is 11.4 Å². The van der Waals surface area contributed by atoms with E-state index in [0.29, 0.717) is 18.1 Å². The Morgan fingerprint density at radius 2 is 1.95 bits per heavy atom. The lowest BCUT2D eigenvalue weighted by Gasteiger charge is -2.50. The lowest BCUT2D eigenvalue weighted by Crippen LogP contribution is -2.56. The number of nitrogens with zero attached hydrogens (tertiary/aromatic N) is 1. The van der Waals surface area contributed by atoms with E-state index in [1.165, 1.54) is 25.7 Å². The van der Waals surface area contributed by atoms with Crippen molar-refractivity contribution in [3.05, 3.63) is 29.6 Å². The molecular weight excluding hydrogens is 263 g/mol. The van der Waals surface area contributed by atoms with Crippen LogP contribution >= 0.6 is 0 Å². The molecule has 3 heteroatoms. The number of hydrogen-bond acceptors (Lipinski definition) is 2. The predicted molar refractivity (Wildman–Crippen MR) is 86.4 cm³/mol. The highest BCUT2D eigenvalue weighted by molar-refractivity contribution is 5.53. The van der Waals surface area contributed by atoms with Crippen molar-refractivity contribution in [3.8, 4) is 0 Å². The van der Waals surface area contributed by atoms with Crippen molar-refractivity contribution in [2.24, 2.45) is 0 Å². The molecule has 1 N–H and O–H groups in total. The van der Waals surface area contributed by atoms with Gasteiger partial charge in [0.05, 0.1) is 5.69 Å². The molecule has 2 saturated heterocycles. The number of halogens is 1. The van der Waals surface area contributed by atoms with Crippen LogP contribution in [0.15, 0.2) is 18.2 Å². The van der Waals surface area contributed by atoms with Crippen LogP contribution in [0.5, 0.6) is 0 Å². The maximum absolute atomic E-state index is 14.3. The van der Waals surface area contributed by atoms with Crippen LogP contribution in [0, 0.1) is 12.7 Å². The quantitative estimate of drug-likeness (QED) is 0.901.